The number of rotatable bonds is 66. The first-order valence-electron chi connectivity index (χ1n) is 35.6. The van der Waals surface area contributed by atoms with E-state index < -0.39 is 6.10 Å². The largest absolute Gasteiger partial charge is 0.462 e. The van der Waals surface area contributed by atoms with Crippen LogP contribution in [0.2, 0.25) is 0 Å². The molecule has 0 amide bonds. The van der Waals surface area contributed by atoms with Crippen LogP contribution < -0.4 is 0 Å². The zero-order valence-electron chi connectivity index (χ0n) is 53.9. The highest BCUT2D eigenvalue weighted by Crippen LogP contribution is 2.19. The van der Waals surface area contributed by atoms with E-state index in [-0.39, 0.29) is 31.1 Å². The first-order chi connectivity index (χ1) is 39.5. The van der Waals surface area contributed by atoms with Crippen molar-refractivity contribution in [1.29, 1.82) is 0 Å². The fraction of sp³-hybridized carbons (Fsp3) is 0.851. The second-order valence-electron chi connectivity index (χ2n) is 24.1. The molecule has 80 heavy (non-hydrogen) atoms. The molecular formula is C74H136O6. The lowest BCUT2D eigenvalue weighted by molar-refractivity contribution is -0.167. The zero-order valence-corrected chi connectivity index (χ0v) is 53.9. The average Bonchev–Trinajstić information content (AvgIpc) is 3.46. The maximum atomic E-state index is 13.0. The third-order valence-corrected chi connectivity index (χ3v) is 16.1. The van der Waals surface area contributed by atoms with Crippen LogP contribution in [0.5, 0.6) is 0 Å². The molecule has 1 unspecified atom stereocenters. The van der Waals surface area contributed by atoms with Gasteiger partial charge in [-0.15, -0.1) is 0 Å². The summed E-state index contributed by atoms with van der Waals surface area (Å²) in [4.78, 5) is 38.5. The molecule has 468 valence electrons. The van der Waals surface area contributed by atoms with Crippen LogP contribution in [-0.4, -0.2) is 37.2 Å². The van der Waals surface area contributed by atoms with E-state index in [0.29, 0.717) is 19.3 Å². The van der Waals surface area contributed by atoms with Crippen LogP contribution in [-0.2, 0) is 28.6 Å². The molecule has 0 radical (unpaired) electrons. The summed E-state index contributed by atoms with van der Waals surface area (Å²) in [6.07, 6.45) is 87.2. The van der Waals surface area contributed by atoms with Crippen molar-refractivity contribution >= 4 is 17.9 Å². The first-order valence-corrected chi connectivity index (χ1v) is 35.6. The molecule has 0 aromatic carbocycles. The lowest BCUT2D eigenvalue weighted by Crippen LogP contribution is -2.30. The summed E-state index contributed by atoms with van der Waals surface area (Å²) in [5.74, 6) is -0.870. The van der Waals surface area contributed by atoms with Gasteiger partial charge in [0.15, 0.2) is 6.10 Å². The van der Waals surface area contributed by atoms with E-state index in [1.165, 1.54) is 250 Å². The van der Waals surface area contributed by atoms with E-state index in [2.05, 4.69) is 69.4 Å². The van der Waals surface area contributed by atoms with Gasteiger partial charge in [0.1, 0.15) is 13.2 Å². The average molecular weight is 1120 g/mol. The summed E-state index contributed by atoms with van der Waals surface area (Å²) in [5, 5.41) is 0. The second kappa shape index (κ2) is 68.9. The summed E-state index contributed by atoms with van der Waals surface area (Å²) >= 11 is 0. The topological polar surface area (TPSA) is 78.9 Å². The maximum absolute atomic E-state index is 13.0. The maximum Gasteiger partial charge on any atom is 0.306 e. The van der Waals surface area contributed by atoms with Crippen LogP contribution in [0, 0.1) is 0 Å². The van der Waals surface area contributed by atoms with Gasteiger partial charge in [-0.2, -0.15) is 0 Å². The first kappa shape index (κ1) is 77.4. The molecule has 6 nitrogen and oxygen atoms in total. The molecular weight excluding hydrogens is 985 g/mol. The smallest absolute Gasteiger partial charge is 0.306 e. The Kier molecular flexibility index (Phi) is 66.6. The van der Waals surface area contributed by atoms with Gasteiger partial charge in [0.05, 0.1) is 0 Å². The Morgan fingerprint density at radius 3 is 0.762 bits per heavy atom. The minimum Gasteiger partial charge on any atom is -0.462 e. The second-order valence-corrected chi connectivity index (χ2v) is 24.1. The Bertz CT molecular complexity index is 1380. The summed E-state index contributed by atoms with van der Waals surface area (Å²) in [5.41, 5.74) is 0. The van der Waals surface area contributed by atoms with Crippen LogP contribution >= 0.6 is 0 Å². The monoisotopic (exact) mass is 1120 g/mol. The predicted molar refractivity (Wildman–Crippen MR) is 349 cm³/mol. The molecule has 1 atom stereocenters. The summed E-state index contributed by atoms with van der Waals surface area (Å²) < 4.78 is 17.0. The number of esters is 3. The van der Waals surface area contributed by atoms with Crippen molar-refractivity contribution in [3.63, 3.8) is 0 Å². The van der Waals surface area contributed by atoms with E-state index in [9.17, 15) is 14.4 Å². The molecule has 0 aliphatic heterocycles. The van der Waals surface area contributed by atoms with Crippen LogP contribution in [0.4, 0.5) is 0 Å². The summed E-state index contributed by atoms with van der Waals surface area (Å²) in [7, 11) is 0. The lowest BCUT2D eigenvalue weighted by Gasteiger charge is -2.18. The van der Waals surface area contributed by atoms with Gasteiger partial charge in [-0.1, -0.05) is 358 Å². The van der Waals surface area contributed by atoms with Gasteiger partial charge >= 0.3 is 17.9 Å². The van der Waals surface area contributed by atoms with Crippen molar-refractivity contribution in [2.45, 2.75) is 393 Å². The van der Waals surface area contributed by atoms with E-state index >= 15 is 0 Å². The minimum absolute atomic E-state index is 0.0755. The van der Waals surface area contributed by atoms with Crippen molar-refractivity contribution < 1.29 is 28.6 Å². The quantitative estimate of drug-likeness (QED) is 0.0261. The molecule has 0 heterocycles. The Hall–Kier alpha value is -2.63. The Balaban J connectivity index is 4.30. The van der Waals surface area contributed by atoms with Crippen LogP contribution in [0.15, 0.2) is 48.6 Å². The van der Waals surface area contributed by atoms with Crippen LogP contribution in [0.25, 0.3) is 0 Å². The van der Waals surface area contributed by atoms with Gasteiger partial charge in [-0.3, -0.25) is 14.4 Å². The van der Waals surface area contributed by atoms with Gasteiger partial charge in [0.25, 0.3) is 0 Å². The van der Waals surface area contributed by atoms with E-state index in [0.717, 1.165) is 96.3 Å². The molecule has 0 rings (SSSR count). The van der Waals surface area contributed by atoms with E-state index in [4.69, 9.17) is 14.2 Å². The standard InChI is InChI=1S/C74H136O6/c1-4-7-10-13-16-19-22-25-28-31-33-35-36-37-39-40-43-46-49-52-55-58-61-64-67-73(76)79-70-71(69-78-72(75)66-63-60-57-54-51-48-45-42-30-27-24-21-18-15-12-9-6-3)80-74(77)68-65-62-59-56-53-50-47-44-41-38-34-32-29-26-23-20-17-14-11-8-5-2/h9,12,18,21,27,30,45,48,71H,4-8,10-11,13-17,19-20,22-26,28-29,31-44,46-47,49-70H2,1-3H3/b12-9-,21-18-,30-27-,48-45-. The van der Waals surface area contributed by atoms with Crippen molar-refractivity contribution in [2.75, 3.05) is 13.2 Å². The minimum atomic E-state index is -0.782. The molecule has 0 aliphatic carbocycles. The predicted octanol–water partition coefficient (Wildman–Crippen LogP) is 24.5. The van der Waals surface area contributed by atoms with Gasteiger partial charge < -0.3 is 14.2 Å². The SMILES string of the molecule is CC/C=C\C/C=C\C/C=C\C/C=C\CCCCCCC(=O)OCC(COC(=O)CCCCCCCCCCCCCCCCCCCCCCCCCC)OC(=O)CCCCCCCCCCCCCCCCCCCCCCC. The third kappa shape index (κ3) is 66.2. The molecule has 0 N–H and O–H groups in total. The molecule has 0 saturated carbocycles. The molecule has 0 bridgehead atoms. The van der Waals surface area contributed by atoms with E-state index in [1.807, 2.05) is 0 Å². The molecule has 0 saturated heterocycles. The van der Waals surface area contributed by atoms with Crippen molar-refractivity contribution in [1.82, 2.24) is 0 Å². The lowest BCUT2D eigenvalue weighted by atomic mass is 10.0. The highest BCUT2D eigenvalue weighted by Gasteiger charge is 2.19. The third-order valence-electron chi connectivity index (χ3n) is 16.1. The Morgan fingerprint density at radius 2 is 0.487 bits per heavy atom. The fourth-order valence-corrected chi connectivity index (χ4v) is 10.8. The molecule has 0 aliphatic rings. The van der Waals surface area contributed by atoms with Crippen LogP contribution in [0.1, 0.15) is 387 Å². The number of hydrogen-bond acceptors (Lipinski definition) is 6. The van der Waals surface area contributed by atoms with Crippen molar-refractivity contribution in [3.8, 4) is 0 Å². The zero-order chi connectivity index (χ0) is 57.8. The van der Waals surface area contributed by atoms with Gasteiger partial charge in [0.2, 0.25) is 0 Å². The molecule has 0 spiro atoms. The summed E-state index contributed by atoms with van der Waals surface area (Å²) in [6.45, 7) is 6.59. The number of unbranched alkanes of at least 4 members (excludes halogenated alkanes) is 47. The normalized spacial score (nSPS) is 12.3. The highest BCUT2D eigenvalue weighted by atomic mass is 16.6. The van der Waals surface area contributed by atoms with Crippen molar-refractivity contribution in [3.05, 3.63) is 48.6 Å². The molecule has 6 heteroatoms. The number of ether oxygens (including phenoxy) is 3. The van der Waals surface area contributed by atoms with Gasteiger partial charge in [-0.25, -0.2) is 0 Å². The molecule has 0 fully saturated rings. The Morgan fingerprint density at radius 1 is 0.263 bits per heavy atom. The Labute approximate surface area is 498 Å². The number of allylic oxidation sites excluding steroid dienone is 8. The number of carbonyl (C=O) groups excluding carboxylic acids is 3. The summed E-state index contributed by atoms with van der Waals surface area (Å²) in [6, 6.07) is 0. The molecule has 0 aromatic rings. The van der Waals surface area contributed by atoms with E-state index in [1.54, 1.807) is 0 Å². The van der Waals surface area contributed by atoms with Gasteiger partial charge in [0, 0.05) is 19.3 Å². The van der Waals surface area contributed by atoms with Crippen LogP contribution in [0.3, 0.4) is 0 Å². The van der Waals surface area contributed by atoms with Gasteiger partial charge in [-0.05, 0) is 57.8 Å². The van der Waals surface area contributed by atoms with Crippen molar-refractivity contribution in [2.24, 2.45) is 0 Å². The number of hydrogen-bond donors (Lipinski definition) is 0. The molecule has 0 aromatic heterocycles. The fourth-order valence-electron chi connectivity index (χ4n) is 10.8. The highest BCUT2D eigenvalue weighted by molar-refractivity contribution is 5.71. The number of carbonyl (C=O) groups is 3.